The summed E-state index contributed by atoms with van der Waals surface area (Å²) in [6, 6.07) is 14.4. The van der Waals surface area contributed by atoms with Crippen molar-refractivity contribution in [1.29, 1.82) is 0 Å². The van der Waals surface area contributed by atoms with Gasteiger partial charge in [0.1, 0.15) is 0 Å². The zero-order chi connectivity index (χ0) is 18.8. The number of hydrogen-bond acceptors (Lipinski definition) is 5. The van der Waals surface area contributed by atoms with E-state index in [1.807, 2.05) is 37.3 Å². The zero-order valence-corrected chi connectivity index (χ0v) is 15.6. The van der Waals surface area contributed by atoms with Crippen molar-refractivity contribution >= 4 is 23.6 Å². The van der Waals surface area contributed by atoms with E-state index in [0.717, 1.165) is 11.3 Å². The highest BCUT2D eigenvalue weighted by Crippen LogP contribution is 2.28. The van der Waals surface area contributed by atoms with Gasteiger partial charge in [0, 0.05) is 10.5 Å². The quantitative estimate of drug-likeness (QED) is 0.549. The van der Waals surface area contributed by atoms with Crippen molar-refractivity contribution in [1.82, 2.24) is 10.9 Å². The molecule has 0 heterocycles. The van der Waals surface area contributed by atoms with Crippen LogP contribution in [0.15, 0.2) is 53.4 Å². The third-order valence-corrected chi connectivity index (χ3v) is 4.33. The third-order valence-electron chi connectivity index (χ3n) is 3.32. The maximum Gasteiger partial charge on any atom is 0.269 e. The molecular formula is C19H22N2O4S. The van der Waals surface area contributed by atoms with Crippen LogP contribution in [0.4, 0.5) is 0 Å². The Bertz CT molecular complexity index is 738. The molecule has 0 spiro atoms. The molecular weight excluding hydrogens is 352 g/mol. The fourth-order valence-corrected chi connectivity index (χ4v) is 2.76. The van der Waals surface area contributed by atoms with Gasteiger partial charge in [-0.1, -0.05) is 25.1 Å². The average Bonchev–Trinajstić information content (AvgIpc) is 2.69. The number of amides is 2. The highest BCUT2D eigenvalue weighted by molar-refractivity contribution is 8.00. The Balaban J connectivity index is 1.85. The van der Waals surface area contributed by atoms with Crippen LogP contribution < -0.4 is 20.3 Å². The molecule has 2 aromatic carbocycles. The van der Waals surface area contributed by atoms with Crippen molar-refractivity contribution in [2.45, 2.75) is 18.2 Å². The summed E-state index contributed by atoms with van der Waals surface area (Å²) >= 11 is 1.39. The molecule has 0 radical (unpaired) electrons. The Hall–Kier alpha value is -2.67. The van der Waals surface area contributed by atoms with Gasteiger partial charge in [0.15, 0.2) is 11.5 Å². The fraction of sp³-hybridized carbons (Fsp3) is 0.263. The van der Waals surface area contributed by atoms with E-state index in [4.69, 9.17) is 9.47 Å². The van der Waals surface area contributed by atoms with Crippen LogP contribution in [-0.2, 0) is 4.79 Å². The molecule has 0 fully saturated rings. The number of thioether (sulfide) groups is 1. The highest BCUT2D eigenvalue weighted by atomic mass is 32.2. The zero-order valence-electron chi connectivity index (χ0n) is 14.8. The minimum Gasteiger partial charge on any atom is -0.493 e. The summed E-state index contributed by atoms with van der Waals surface area (Å²) in [7, 11) is 1.51. The van der Waals surface area contributed by atoms with E-state index >= 15 is 0 Å². The van der Waals surface area contributed by atoms with Gasteiger partial charge in [0.05, 0.1) is 19.5 Å². The summed E-state index contributed by atoms with van der Waals surface area (Å²) in [4.78, 5) is 25.0. The molecule has 0 aliphatic carbocycles. The van der Waals surface area contributed by atoms with Crippen LogP contribution in [0.3, 0.4) is 0 Å². The van der Waals surface area contributed by atoms with Crippen LogP contribution in [0.25, 0.3) is 0 Å². The summed E-state index contributed by atoms with van der Waals surface area (Å²) in [5.74, 6) is 0.536. The highest BCUT2D eigenvalue weighted by Gasteiger charge is 2.12. The second-order valence-electron chi connectivity index (χ2n) is 5.32. The Morgan fingerprint density at radius 3 is 2.50 bits per heavy atom. The van der Waals surface area contributed by atoms with Crippen LogP contribution in [0.5, 0.6) is 11.5 Å². The minimum absolute atomic E-state index is 0.206. The molecule has 0 unspecified atom stereocenters. The molecule has 26 heavy (non-hydrogen) atoms. The first-order chi connectivity index (χ1) is 12.6. The van der Waals surface area contributed by atoms with Crippen LogP contribution in [0.2, 0.25) is 0 Å². The summed E-state index contributed by atoms with van der Waals surface area (Å²) in [5.41, 5.74) is 5.17. The molecule has 2 amide bonds. The summed E-state index contributed by atoms with van der Waals surface area (Å²) in [6.45, 7) is 2.57. The number of ether oxygens (including phenoxy) is 2. The normalized spacial score (nSPS) is 10.1. The van der Waals surface area contributed by atoms with E-state index in [1.165, 1.54) is 18.9 Å². The molecule has 7 heteroatoms. The lowest BCUT2D eigenvalue weighted by Crippen LogP contribution is -2.42. The first-order valence-electron chi connectivity index (χ1n) is 8.22. The van der Waals surface area contributed by atoms with Crippen molar-refractivity contribution in [3.05, 3.63) is 54.1 Å². The van der Waals surface area contributed by atoms with E-state index in [1.54, 1.807) is 18.2 Å². The molecule has 0 saturated carbocycles. The lowest BCUT2D eigenvalue weighted by Gasteiger charge is -2.12. The second kappa shape index (κ2) is 10.4. The summed E-state index contributed by atoms with van der Waals surface area (Å²) < 4.78 is 10.8. The first-order valence-corrected chi connectivity index (χ1v) is 9.20. The van der Waals surface area contributed by atoms with E-state index in [0.29, 0.717) is 23.7 Å². The van der Waals surface area contributed by atoms with Crippen molar-refractivity contribution in [3.8, 4) is 11.5 Å². The number of carbonyl (C=O) groups is 2. The molecule has 6 nitrogen and oxygen atoms in total. The second-order valence-corrected chi connectivity index (χ2v) is 6.37. The van der Waals surface area contributed by atoms with Crippen LogP contribution in [0.1, 0.15) is 23.7 Å². The Morgan fingerprint density at radius 1 is 1.04 bits per heavy atom. The van der Waals surface area contributed by atoms with Crippen molar-refractivity contribution in [2.24, 2.45) is 0 Å². The van der Waals surface area contributed by atoms with Crippen molar-refractivity contribution in [3.63, 3.8) is 0 Å². The van der Waals surface area contributed by atoms with Gasteiger partial charge in [0.2, 0.25) is 5.91 Å². The number of carbonyl (C=O) groups excluding carboxylic acids is 2. The topological polar surface area (TPSA) is 76.7 Å². The van der Waals surface area contributed by atoms with E-state index in [9.17, 15) is 9.59 Å². The van der Waals surface area contributed by atoms with Crippen LogP contribution in [-0.4, -0.2) is 31.3 Å². The average molecular weight is 374 g/mol. The van der Waals surface area contributed by atoms with Crippen molar-refractivity contribution in [2.75, 3.05) is 19.5 Å². The Morgan fingerprint density at radius 2 is 1.81 bits per heavy atom. The van der Waals surface area contributed by atoms with Gasteiger partial charge in [-0.15, -0.1) is 11.8 Å². The number of hydrogen-bond donors (Lipinski definition) is 2. The molecule has 0 aliphatic rings. The molecule has 0 saturated heterocycles. The SMILES string of the molecule is CCCOc1ccc(C(=O)NNC(=O)CSc2ccccc2)cc1OC. The summed E-state index contributed by atoms with van der Waals surface area (Å²) in [6.07, 6.45) is 0.873. The van der Waals surface area contributed by atoms with Crippen molar-refractivity contribution < 1.29 is 19.1 Å². The van der Waals surface area contributed by atoms with Gasteiger partial charge < -0.3 is 9.47 Å². The van der Waals surface area contributed by atoms with E-state index in [-0.39, 0.29) is 11.7 Å². The van der Waals surface area contributed by atoms with Gasteiger partial charge in [-0.05, 0) is 36.8 Å². The van der Waals surface area contributed by atoms with Gasteiger partial charge in [-0.25, -0.2) is 0 Å². The molecule has 0 aromatic heterocycles. The molecule has 2 N–H and O–H groups in total. The van der Waals surface area contributed by atoms with E-state index < -0.39 is 5.91 Å². The van der Waals surface area contributed by atoms with Crippen LogP contribution in [0, 0.1) is 0 Å². The number of benzene rings is 2. The third kappa shape index (κ3) is 6.00. The van der Waals surface area contributed by atoms with Crippen LogP contribution >= 0.6 is 11.8 Å². The maximum atomic E-state index is 12.2. The lowest BCUT2D eigenvalue weighted by molar-refractivity contribution is -0.119. The molecule has 0 atom stereocenters. The first kappa shape index (κ1) is 19.7. The molecule has 138 valence electrons. The number of rotatable bonds is 8. The summed E-state index contributed by atoms with van der Waals surface area (Å²) in [5, 5.41) is 0. The number of methoxy groups -OCH3 is 1. The Kier molecular flexibility index (Phi) is 7.82. The van der Waals surface area contributed by atoms with Gasteiger partial charge in [-0.2, -0.15) is 0 Å². The largest absolute Gasteiger partial charge is 0.493 e. The minimum atomic E-state index is -0.427. The predicted octanol–water partition coefficient (Wildman–Crippen LogP) is 3.04. The molecule has 2 rings (SSSR count). The van der Waals surface area contributed by atoms with Gasteiger partial charge in [-0.3, -0.25) is 20.4 Å². The lowest BCUT2D eigenvalue weighted by atomic mass is 10.2. The maximum absolute atomic E-state index is 12.2. The van der Waals surface area contributed by atoms with Gasteiger partial charge >= 0.3 is 0 Å². The van der Waals surface area contributed by atoms with Gasteiger partial charge in [0.25, 0.3) is 5.91 Å². The monoisotopic (exact) mass is 374 g/mol. The standard InChI is InChI=1S/C19H22N2O4S/c1-3-11-25-16-10-9-14(12-17(16)24-2)19(23)21-20-18(22)13-26-15-7-5-4-6-8-15/h4-10,12H,3,11,13H2,1-2H3,(H,20,22)(H,21,23). The predicted molar refractivity (Wildman–Crippen MR) is 102 cm³/mol. The van der Waals surface area contributed by atoms with E-state index in [2.05, 4.69) is 10.9 Å². The smallest absolute Gasteiger partial charge is 0.269 e. The number of nitrogens with one attached hydrogen (secondary N) is 2. The Labute approximate surface area is 157 Å². The molecule has 0 aliphatic heterocycles. The number of hydrazine groups is 1. The molecule has 2 aromatic rings. The fourth-order valence-electron chi connectivity index (χ4n) is 2.04. The molecule has 0 bridgehead atoms.